The van der Waals surface area contributed by atoms with Crippen LogP contribution < -0.4 is 15.4 Å². The molecule has 196 valence electrons. The number of amides is 2. The van der Waals surface area contributed by atoms with Crippen LogP contribution in [0, 0.1) is 0 Å². The van der Waals surface area contributed by atoms with Crippen LogP contribution in [-0.4, -0.2) is 17.9 Å². The maximum atomic E-state index is 13.2. The number of benzene rings is 3. The number of rotatable bonds is 8. The molecule has 2 amide bonds. The van der Waals surface area contributed by atoms with Gasteiger partial charge in [0, 0.05) is 11.3 Å². The fourth-order valence-electron chi connectivity index (χ4n) is 3.90. The van der Waals surface area contributed by atoms with Gasteiger partial charge < -0.3 is 15.4 Å². The predicted molar refractivity (Wildman–Crippen MR) is 139 cm³/mol. The molecule has 0 saturated heterocycles. The van der Waals surface area contributed by atoms with Crippen LogP contribution in [0.3, 0.4) is 0 Å². The largest absolute Gasteiger partial charge is 0.481 e. The van der Waals surface area contributed by atoms with E-state index in [-0.39, 0.29) is 23.4 Å². The Kier molecular flexibility index (Phi) is 8.63. The van der Waals surface area contributed by atoms with E-state index in [4.69, 9.17) is 4.74 Å². The van der Waals surface area contributed by atoms with Gasteiger partial charge >= 0.3 is 6.18 Å². The third-order valence-corrected chi connectivity index (χ3v) is 5.90. The quantitative estimate of drug-likeness (QED) is 0.326. The SMILES string of the molecule is CC(Oc1ccc(C(=O)Nc2c(C(C)C)cccc2C(C)C)cc1)C(=O)Nc1ccccc1C(F)(F)F. The molecular weight excluding hydrogens is 481 g/mol. The molecule has 0 aliphatic heterocycles. The summed E-state index contributed by atoms with van der Waals surface area (Å²) in [6.45, 7) is 9.71. The first kappa shape index (κ1) is 27.8. The zero-order valence-electron chi connectivity index (χ0n) is 21.4. The van der Waals surface area contributed by atoms with Gasteiger partial charge in [0.1, 0.15) is 5.75 Å². The minimum absolute atomic E-state index is 0.223. The summed E-state index contributed by atoms with van der Waals surface area (Å²) in [5, 5.41) is 5.32. The van der Waals surface area contributed by atoms with Gasteiger partial charge in [-0.25, -0.2) is 0 Å². The summed E-state index contributed by atoms with van der Waals surface area (Å²) in [6, 6.07) is 17.0. The van der Waals surface area contributed by atoms with Crippen molar-refractivity contribution < 1.29 is 27.5 Å². The maximum absolute atomic E-state index is 13.2. The molecule has 0 aromatic heterocycles. The molecular formula is C29H31F3N2O3. The van der Waals surface area contributed by atoms with Gasteiger partial charge in [0.05, 0.1) is 11.3 Å². The zero-order chi connectivity index (χ0) is 27.3. The van der Waals surface area contributed by atoms with Gasteiger partial charge in [-0.3, -0.25) is 9.59 Å². The lowest BCUT2D eigenvalue weighted by Crippen LogP contribution is -2.31. The number of hydrogen-bond acceptors (Lipinski definition) is 3. The number of carbonyl (C=O) groups is 2. The van der Waals surface area contributed by atoms with Crippen LogP contribution in [-0.2, 0) is 11.0 Å². The summed E-state index contributed by atoms with van der Waals surface area (Å²) >= 11 is 0. The van der Waals surface area contributed by atoms with Crippen LogP contribution >= 0.6 is 0 Å². The van der Waals surface area contributed by atoms with Crippen molar-refractivity contribution in [1.82, 2.24) is 0 Å². The number of nitrogens with one attached hydrogen (secondary N) is 2. The zero-order valence-corrected chi connectivity index (χ0v) is 21.4. The number of hydrogen-bond donors (Lipinski definition) is 2. The minimum atomic E-state index is -4.60. The second-order valence-electron chi connectivity index (χ2n) is 9.39. The molecule has 8 heteroatoms. The van der Waals surface area contributed by atoms with Crippen molar-refractivity contribution in [2.24, 2.45) is 0 Å². The molecule has 2 N–H and O–H groups in total. The molecule has 0 fully saturated rings. The highest BCUT2D eigenvalue weighted by atomic mass is 19.4. The van der Waals surface area contributed by atoms with Gasteiger partial charge in [-0.15, -0.1) is 0 Å². The van der Waals surface area contributed by atoms with E-state index in [1.165, 1.54) is 25.1 Å². The smallest absolute Gasteiger partial charge is 0.418 e. The van der Waals surface area contributed by atoms with Gasteiger partial charge in [-0.1, -0.05) is 58.0 Å². The predicted octanol–water partition coefficient (Wildman–Crippen LogP) is 7.61. The molecule has 37 heavy (non-hydrogen) atoms. The molecule has 0 heterocycles. The van der Waals surface area contributed by atoms with Crippen molar-refractivity contribution in [2.45, 2.75) is 58.7 Å². The van der Waals surface area contributed by atoms with Crippen LogP contribution in [0.1, 0.15) is 73.5 Å². The molecule has 0 radical (unpaired) electrons. The number of halogens is 3. The van der Waals surface area contributed by atoms with Crippen LogP contribution in [0.15, 0.2) is 66.7 Å². The Labute approximate surface area is 215 Å². The van der Waals surface area contributed by atoms with Gasteiger partial charge in [0.25, 0.3) is 11.8 Å². The number of carbonyl (C=O) groups excluding carboxylic acids is 2. The Morgan fingerprint density at radius 3 is 1.86 bits per heavy atom. The Bertz CT molecular complexity index is 1230. The molecule has 3 rings (SSSR count). The van der Waals surface area contributed by atoms with E-state index < -0.39 is 23.8 Å². The molecule has 0 bridgehead atoms. The highest BCUT2D eigenvalue weighted by Gasteiger charge is 2.34. The Hall–Kier alpha value is -3.81. The standard InChI is InChI=1S/C29H31F3N2O3/c1-17(2)22-9-8-10-23(18(3)4)26(22)34-28(36)20-13-15-21(16-14-20)37-19(5)27(35)33-25-12-7-6-11-24(25)29(30,31)32/h6-19H,1-5H3,(H,33,35)(H,34,36). The number of alkyl halides is 3. The fourth-order valence-corrected chi connectivity index (χ4v) is 3.90. The highest BCUT2D eigenvalue weighted by Crippen LogP contribution is 2.35. The first-order valence-electron chi connectivity index (χ1n) is 12.1. The van der Waals surface area contributed by atoms with E-state index in [9.17, 15) is 22.8 Å². The summed E-state index contributed by atoms with van der Waals surface area (Å²) in [4.78, 5) is 25.5. The topological polar surface area (TPSA) is 67.4 Å². The number of para-hydroxylation sites is 2. The molecule has 3 aromatic carbocycles. The van der Waals surface area contributed by atoms with Crippen molar-refractivity contribution in [2.75, 3.05) is 10.6 Å². The lowest BCUT2D eigenvalue weighted by molar-refractivity contribution is -0.137. The summed E-state index contributed by atoms with van der Waals surface area (Å²) in [5.41, 5.74) is 2.02. The molecule has 0 saturated carbocycles. The van der Waals surface area contributed by atoms with Gasteiger partial charge in [-0.05, 0) is 66.3 Å². The van der Waals surface area contributed by atoms with Crippen LogP contribution in [0.4, 0.5) is 24.5 Å². The Balaban J connectivity index is 1.69. The Morgan fingerprint density at radius 2 is 1.32 bits per heavy atom. The Morgan fingerprint density at radius 1 is 0.757 bits per heavy atom. The summed E-state index contributed by atoms with van der Waals surface area (Å²) in [5.74, 6) is -0.268. The van der Waals surface area contributed by atoms with E-state index in [0.717, 1.165) is 22.9 Å². The lowest BCUT2D eigenvalue weighted by atomic mass is 9.92. The van der Waals surface area contributed by atoms with Gasteiger partial charge in [-0.2, -0.15) is 13.2 Å². The molecule has 0 aliphatic rings. The van der Waals surface area contributed by atoms with Crippen molar-refractivity contribution in [1.29, 1.82) is 0 Å². The maximum Gasteiger partial charge on any atom is 0.418 e. The normalized spacial score (nSPS) is 12.4. The summed E-state index contributed by atoms with van der Waals surface area (Å²) < 4.78 is 45.2. The first-order chi connectivity index (χ1) is 17.4. The molecule has 1 unspecified atom stereocenters. The third kappa shape index (κ3) is 6.90. The van der Waals surface area contributed by atoms with Crippen LogP contribution in [0.2, 0.25) is 0 Å². The van der Waals surface area contributed by atoms with Crippen LogP contribution in [0.25, 0.3) is 0 Å². The lowest BCUT2D eigenvalue weighted by Gasteiger charge is -2.20. The second-order valence-corrected chi connectivity index (χ2v) is 9.39. The fraction of sp³-hybridized carbons (Fsp3) is 0.310. The monoisotopic (exact) mass is 512 g/mol. The second kappa shape index (κ2) is 11.5. The van der Waals surface area contributed by atoms with E-state index in [1.54, 1.807) is 24.3 Å². The van der Waals surface area contributed by atoms with E-state index in [1.807, 2.05) is 18.2 Å². The molecule has 3 aromatic rings. The van der Waals surface area contributed by atoms with Crippen molar-refractivity contribution in [3.63, 3.8) is 0 Å². The molecule has 5 nitrogen and oxygen atoms in total. The van der Waals surface area contributed by atoms with Crippen molar-refractivity contribution in [3.05, 3.63) is 89.0 Å². The summed E-state index contributed by atoms with van der Waals surface area (Å²) in [6.07, 6.45) is -5.68. The molecule has 1 atom stereocenters. The average Bonchev–Trinajstić information content (AvgIpc) is 2.83. The van der Waals surface area contributed by atoms with Crippen molar-refractivity contribution >= 4 is 23.2 Å². The van der Waals surface area contributed by atoms with Gasteiger partial charge in [0.15, 0.2) is 6.10 Å². The average molecular weight is 513 g/mol. The number of ether oxygens (including phenoxy) is 1. The number of anilines is 2. The van der Waals surface area contributed by atoms with Crippen molar-refractivity contribution in [3.8, 4) is 5.75 Å². The minimum Gasteiger partial charge on any atom is -0.481 e. The molecule has 0 aliphatic carbocycles. The van der Waals surface area contributed by atoms with Crippen LogP contribution in [0.5, 0.6) is 5.75 Å². The first-order valence-corrected chi connectivity index (χ1v) is 12.1. The third-order valence-electron chi connectivity index (χ3n) is 5.90. The van der Waals surface area contributed by atoms with E-state index >= 15 is 0 Å². The highest BCUT2D eigenvalue weighted by molar-refractivity contribution is 6.05. The van der Waals surface area contributed by atoms with Gasteiger partial charge in [0.2, 0.25) is 0 Å². The molecule has 0 spiro atoms. The van der Waals surface area contributed by atoms with E-state index in [0.29, 0.717) is 11.3 Å². The summed E-state index contributed by atoms with van der Waals surface area (Å²) in [7, 11) is 0. The van der Waals surface area contributed by atoms with E-state index in [2.05, 4.69) is 38.3 Å².